The molecule has 20 heavy (non-hydrogen) atoms. The first-order valence-corrected chi connectivity index (χ1v) is 6.88. The van der Waals surface area contributed by atoms with Crippen LogP contribution in [0.3, 0.4) is 0 Å². The molecule has 1 aliphatic rings. The molecule has 0 N–H and O–H groups in total. The molecule has 2 rings (SSSR count). The Bertz CT molecular complexity index is 435. The third-order valence-corrected chi connectivity index (χ3v) is 3.00. The van der Waals surface area contributed by atoms with Gasteiger partial charge in [-0.2, -0.15) is 0 Å². The van der Waals surface area contributed by atoms with Crippen LogP contribution in [0.1, 0.15) is 25.3 Å². The molecule has 0 spiro atoms. The molecule has 0 amide bonds. The van der Waals surface area contributed by atoms with Crippen molar-refractivity contribution in [2.75, 3.05) is 13.2 Å². The molecular weight excluding hydrogens is 256 g/mol. The van der Waals surface area contributed by atoms with Gasteiger partial charge < -0.3 is 14.2 Å². The number of hydrogen-bond donors (Lipinski definition) is 0. The Morgan fingerprint density at radius 2 is 2.05 bits per heavy atom. The van der Waals surface area contributed by atoms with Crippen molar-refractivity contribution in [2.24, 2.45) is 0 Å². The first-order chi connectivity index (χ1) is 9.74. The third kappa shape index (κ3) is 5.15. The Labute approximate surface area is 119 Å². The highest BCUT2D eigenvalue weighted by molar-refractivity contribution is 5.66. The molecular formula is C16H20O4. The quantitative estimate of drug-likeness (QED) is 0.749. The SMILES string of the molecule is CC(=O)OC(/C=C/c1ccccc1)CCC1OCCO1. The van der Waals surface area contributed by atoms with E-state index in [2.05, 4.69) is 0 Å². The normalized spacial score (nSPS) is 17.4. The number of benzene rings is 1. The second kappa shape index (κ2) is 7.82. The lowest BCUT2D eigenvalue weighted by Crippen LogP contribution is -2.17. The maximum atomic E-state index is 11.1. The molecule has 1 heterocycles. The Morgan fingerprint density at radius 1 is 1.35 bits per heavy atom. The second-order valence-electron chi connectivity index (χ2n) is 4.67. The molecule has 0 radical (unpaired) electrons. The van der Waals surface area contributed by atoms with Crippen molar-refractivity contribution in [3.63, 3.8) is 0 Å². The Morgan fingerprint density at radius 3 is 2.70 bits per heavy atom. The van der Waals surface area contributed by atoms with Crippen molar-refractivity contribution < 1.29 is 19.0 Å². The average molecular weight is 276 g/mol. The van der Waals surface area contributed by atoms with Gasteiger partial charge in [0.2, 0.25) is 0 Å². The number of carbonyl (C=O) groups excluding carboxylic acids is 1. The molecule has 0 bridgehead atoms. The van der Waals surface area contributed by atoms with E-state index in [0.29, 0.717) is 19.6 Å². The number of hydrogen-bond acceptors (Lipinski definition) is 4. The van der Waals surface area contributed by atoms with Gasteiger partial charge in [-0.15, -0.1) is 0 Å². The first kappa shape index (κ1) is 14.8. The van der Waals surface area contributed by atoms with E-state index in [0.717, 1.165) is 12.0 Å². The topological polar surface area (TPSA) is 44.8 Å². The fourth-order valence-corrected chi connectivity index (χ4v) is 2.06. The number of carbonyl (C=O) groups is 1. The summed E-state index contributed by atoms with van der Waals surface area (Å²) in [6.07, 6.45) is 4.86. The predicted octanol–water partition coefficient (Wildman–Crippen LogP) is 2.78. The van der Waals surface area contributed by atoms with Gasteiger partial charge in [-0.05, 0) is 18.1 Å². The van der Waals surface area contributed by atoms with Crippen molar-refractivity contribution >= 4 is 12.0 Å². The zero-order chi connectivity index (χ0) is 14.2. The van der Waals surface area contributed by atoms with E-state index >= 15 is 0 Å². The second-order valence-corrected chi connectivity index (χ2v) is 4.67. The molecule has 1 saturated heterocycles. The summed E-state index contributed by atoms with van der Waals surface area (Å²) in [5.41, 5.74) is 1.08. The lowest BCUT2D eigenvalue weighted by Gasteiger charge is -2.15. The summed E-state index contributed by atoms with van der Waals surface area (Å²) in [6, 6.07) is 9.92. The summed E-state index contributed by atoms with van der Waals surface area (Å²) in [5, 5.41) is 0. The van der Waals surface area contributed by atoms with Gasteiger partial charge in [-0.25, -0.2) is 0 Å². The maximum absolute atomic E-state index is 11.1. The van der Waals surface area contributed by atoms with Crippen LogP contribution in [0, 0.1) is 0 Å². The van der Waals surface area contributed by atoms with E-state index in [1.54, 1.807) is 0 Å². The molecule has 4 nitrogen and oxygen atoms in total. The minimum absolute atomic E-state index is 0.168. The first-order valence-electron chi connectivity index (χ1n) is 6.88. The Hall–Kier alpha value is -1.65. The van der Waals surface area contributed by atoms with Gasteiger partial charge in [0.1, 0.15) is 6.10 Å². The van der Waals surface area contributed by atoms with Crippen LogP contribution in [0.5, 0.6) is 0 Å². The minimum atomic E-state index is -0.277. The highest BCUT2D eigenvalue weighted by atomic mass is 16.7. The molecule has 108 valence electrons. The van der Waals surface area contributed by atoms with Crippen LogP contribution >= 0.6 is 0 Å². The largest absolute Gasteiger partial charge is 0.458 e. The lowest BCUT2D eigenvalue weighted by molar-refractivity contribution is -0.145. The van der Waals surface area contributed by atoms with Gasteiger partial charge in [0.15, 0.2) is 6.29 Å². The molecule has 1 aromatic rings. The van der Waals surface area contributed by atoms with Crippen molar-refractivity contribution in [2.45, 2.75) is 32.2 Å². The van der Waals surface area contributed by atoms with E-state index in [9.17, 15) is 4.79 Å². The molecule has 1 atom stereocenters. The van der Waals surface area contributed by atoms with Crippen LogP contribution in [0.4, 0.5) is 0 Å². The molecule has 0 aromatic heterocycles. The highest BCUT2D eigenvalue weighted by Gasteiger charge is 2.18. The summed E-state index contributed by atoms with van der Waals surface area (Å²) in [4.78, 5) is 11.1. The van der Waals surface area contributed by atoms with Crippen LogP contribution in [0.15, 0.2) is 36.4 Å². The monoisotopic (exact) mass is 276 g/mol. The van der Waals surface area contributed by atoms with E-state index in [4.69, 9.17) is 14.2 Å². The molecule has 1 fully saturated rings. The van der Waals surface area contributed by atoms with Gasteiger partial charge in [-0.1, -0.05) is 36.4 Å². The standard InChI is InChI=1S/C16H20O4/c1-13(17)20-15(9-10-16-18-11-12-19-16)8-7-14-5-3-2-4-6-14/h2-8,15-16H,9-12H2,1H3/b8-7+. The highest BCUT2D eigenvalue weighted by Crippen LogP contribution is 2.15. The van der Waals surface area contributed by atoms with Crippen LogP contribution in [-0.2, 0) is 19.0 Å². The minimum Gasteiger partial charge on any atom is -0.458 e. The smallest absolute Gasteiger partial charge is 0.303 e. The van der Waals surface area contributed by atoms with Gasteiger partial charge in [0.25, 0.3) is 0 Å². The molecule has 0 saturated carbocycles. The molecule has 1 aliphatic heterocycles. The molecule has 1 unspecified atom stereocenters. The zero-order valence-electron chi connectivity index (χ0n) is 11.7. The number of ether oxygens (including phenoxy) is 3. The van der Waals surface area contributed by atoms with Crippen molar-refractivity contribution in [3.8, 4) is 0 Å². The van der Waals surface area contributed by atoms with Crippen LogP contribution < -0.4 is 0 Å². The predicted molar refractivity (Wildman–Crippen MR) is 76.0 cm³/mol. The Kier molecular flexibility index (Phi) is 5.77. The summed E-state index contributed by atoms with van der Waals surface area (Å²) < 4.78 is 16.1. The van der Waals surface area contributed by atoms with Crippen LogP contribution in [0.25, 0.3) is 6.08 Å². The van der Waals surface area contributed by atoms with E-state index in [1.165, 1.54) is 6.92 Å². The van der Waals surface area contributed by atoms with E-state index in [-0.39, 0.29) is 18.4 Å². The zero-order valence-corrected chi connectivity index (χ0v) is 11.7. The maximum Gasteiger partial charge on any atom is 0.303 e. The number of rotatable bonds is 6. The fourth-order valence-electron chi connectivity index (χ4n) is 2.06. The van der Waals surface area contributed by atoms with Gasteiger partial charge in [0.05, 0.1) is 13.2 Å². The van der Waals surface area contributed by atoms with E-state index in [1.807, 2.05) is 42.5 Å². The lowest BCUT2D eigenvalue weighted by atomic mass is 10.1. The van der Waals surface area contributed by atoms with Crippen molar-refractivity contribution in [1.29, 1.82) is 0 Å². The molecule has 4 heteroatoms. The summed E-state index contributed by atoms with van der Waals surface area (Å²) >= 11 is 0. The summed E-state index contributed by atoms with van der Waals surface area (Å²) in [6.45, 7) is 2.71. The van der Waals surface area contributed by atoms with E-state index < -0.39 is 0 Å². The van der Waals surface area contributed by atoms with Gasteiger partial charge in [0, 0.05) is 13.3 Å². The Balaban J connectivity index is 1.88. The van der Waals surface area contributed by atoms with Gasteiger partial charge >= 0.3 is 5.97 Å². The van der Waals surface area contributed by atoms with Crippen LogP contribution in [-0.4, -0.2) is 31.6 Å². The average Bonchev–Trinajstić information content (AvgIpc) is 2.96. The molecule has 1 aromatic carbocycles. The van der Waals surface area contributed by atoms with Crippen LogP contribution in [0.2, 0.25) is 0 Å². The molecule has 0 aliphatic carbocycles. The van der Waals surface area contributed by atoms with Crippen molar-refractivity contribution in [1.82, 2.24) is 0 Å². The summed E-state index contributed by atoms with van der Waals surface area (Å²) in [5.74, 6) is -0.277. The summed E-state index contributed by atoms with van der Waals surface area (Å²) in [7, 11) is 0. The van der Waals surface area contributed by atoms with Gasteiger partial charge in [-0.3, -0.25) is 4.79 Å². The third-order valence-electron chi connectivity index (χ3n) is 3.00. The van der Waals surface area contributed by atoms with Crippen molar-refractivity contribution in [3.05, 3.63) is 42.0 Å². The number of esters is 1. The fraction of sp³-hybridized carbons (Fsp3) is 0.438.